The summed E-state index contributed by atoms with van der Waals surface area (Å²) in [6.07, 6.45) is 0. The molecule has 0 aromatic heterocycles. The van der Waals surface area contributed by atoms with E-state index in [1.165, 1.54) is 12.0 Å². The molecule has 180 valence electrons. The van der Waals surface area contributed by atoms with Crippen molar-refractivity contribution in [2.75, 3.05) is 12.0 Å². The number of aliphatic hydroxyl groups is 1. The van der Waals surface area contributed by atoms with Gasteiger partial charge in [0, 0.05) is 5.69 Å². The third-order valence-electron chi connectivity index (χ3n) is 6.65. The standard InChI is InChI=1S/C30H31NO4/c1-18-12-14-22(16-19(18)2)31-26(20-10-8-7-9-11-20)25(28(33)29(31)34)27(32)23-17-21(30(3,4)5)13-15-24(23)35-6/h7-17,26,32H,1-6H3/b27-25+. The molecule has 0 aliphatic carbocycles. The lowest BCUT2D eigenvalue weighted by molar-refractivity contribution is -0.132. The predicted molar refractivity (Wildman–Crippen MR) is 139 cm³/mol. The highest BCUT2D eigenvalue weighted by Gasteiger charge is 2.47. The van der Waals surface area contributed by atoms with E-state index in [9.17, 15) is 14.7 Å². The van der Waals surface area contributed by atoms with Crippen molar-refractivity contribution in [2.45, 2.75) is 46.1 Å². The van der Waals surface area contributed by atoms with Crippen LogP contribution in [-0.2, 0) is 15.0 Å². The highest BCUT2D eigenvalue weighted by Crippen LogP contribution is 2.44. The van der Waals surface area contributed by atoms with Crippen molar-refractivity contribution in [1.29, 1.82) is 0 Å². The van der Waals surface area contributed by atoms with Gasteiger partial charge in [-0.15, -0.1) is 0 Å². The number of methoxy groups -OCH3 is 1. The second-order valence-electron chi connectivity index (χ2n) is 10.0. The molecule has 1 saturated heterocycles. The van der Waals surface area contributed by atoms with Crippen LogP contribution < -0.4 is 9.64 Å². The Morgan fingerprint density at radius 1 is 0.914 bits per heavy atom. The van der Waals surface area contributed by atoms with Gasteiger partial charge in [-0.2, -0.15) is 0 Å². The molecular weight excluding hydrogens is 438 g/mol. The molecule has 3 aromatic rings. The van der Waals surface area contributed by atoms with E-state index in [2.05, 4.69) is 20.8 Å². The van der Waals surface area contributed by atoms with Crippen LogP contribution in [0.2, 0.25) is 0 Å². The van der Waals surface area contributed by atoms with E-state index in [1.807, 2.05) is 74.5 Å². The minimum atomic E-state index is -0.777. The van der Waals surface area contributed by atoms with E-state index in [0.29, 0.717) is 17.0 Å². The van der Waals surface area contributed by atoms with Gasteiger partial charge in [-0.3, -0.25) is 14.5 Å². The zero-order chi connectivity index (χ0) is 25.5. The number of hydrogen-bond acceptors (Lipinski definition) is 4. The fraction of sp³-hybridized carbons (Fsp3) is 0.267. The Labute approximate surface area is 206 Å². The molecule has 1 amide bonds. The van der Waals surface area contributed by atoms with E-state index in [1.54, 1.807) is 6.07 Å². The molecule has 1 fully saturated rings. The summed E-state index contributed by atoms with van der Waals surface area (Å²) in [6, 6.07) is 19.8. The lowest BCUT2D eigenvalue weighted by atomic mass is 9.85. The lowest BCUT2D eigenvalue weighted by Crippen LogP contribution is -2.29. The normalized spacial score (nSPS) is 17.7. The first-order valence-corrected chi connectivity index (χ1v) is 11.7. The van der Waals surface area contributed by atoms with Crippen LogP contribution in [0.4, 0.5) is 5.69 Å². The predicted octanol–water partition coefficient (Wildman–Crippen LogP) is 6.24. The van der Waals surface area contributed by atoms with Crippen LogP contribution in [0, 0.1) is 13.8 Å². The molecule has 3 aromatic carbocycles. The fourth-order valence-corrected chi connectivity index (χ4v) is 4.43. The maximum absolute atomic E-state index is 13.5. The van der Waals surface area contributed by atoms with Gasteiger partial charge < -0.3 is 9.84 Å². The van der Waals surface area contributed by atoms with Crippen molar-refractivity contribution in [3.63, 3.8) is 0 Å². The highest BCUT2D eigenvalue weighted by molar-refractivity contribution is 6.51. The third kappa shape index (κ3) is 4.34. The molecule has 1 aliphatic heterocycles. The van der Waals surface area contributed by atoms with E-state index in [4.69, 9.17) is 4.74 Å². The molecule has 4 rings (SSSR count). The number of carbonyl (C=O) groups excluding carboxylic acids is 2. The summed E-state index contributed by atoms with van der Waals surface area (Å²) in [7, 11) is 1.52. The maximum Gasteiger partial charge on any atom is 0.300 e. The average Bonchev–Trinajstić information content (AvgIpc) is 3.10. The molecule has 5 nitrogen and oxygen atoms in total. The number of aliphatic hydroxyl groups excluding tert-OH is 1. The minimum Gasteiger partial charge on any atom is -0.507 e. The highest BCUT2D eigenvalue weighted by atomic mass is 16.5. The number of aryl methyl sites for hydroxylation is 2. The molecule has 0 saturated carbocycles. The van der Waals surface area contributed by atoms with Gasteiger partial charge >= 0.3 is 0 Å². The van der Waals surface area contributed by atoms with Crippen LogP contribution in [0.15, 0.2) is 72.3 Å². The third-order valence-corrected chi connectivity index (χ3v) is 6.65. The number of benzene rings is 3. The smallest absolute Gasteiger partial charge is 0.300 e. The second-order valence-corrected chi connectivity index (χ2v) is 10.0. The Morgan fingerprint density at radius 3 is 2.20 bits per heavy atom. The number of rotatable bonds is 4. The van der Waals surface area contributed by atoms with Gasteiger partial charge in [0.25, 0.3) is 11.7 Å². The number of ketones is 1. The molecular formula is C30H31NO4. The first-order valence-electron chi connectivity index (χ1n) is 11.7. The first-order chi connectivity index (χ1) is 16.5. The number of nitrogens with zero attached hydrogens (tertiary/aromatic N) is 1. The molecule has 1 atom stereocenters. The summed E-state index contributed by atoms with van der Waals surface area (Å²) in [4.78, 5) is 28.4. The van der Waals surface area contributed by atoms with Crippen LogP contribution in [-0.4, -0.2) is 23.9 Å². The Hall–Kier alpha value is -3.86. The van der Waals surface area contributed by atoms with Gasteiger partial charge in [-0.25, -0.2) is 0 Å². The molecule has 1 heterocycles. The number of anilines is 1. The molecule has 0 spiro atoms. The van der Waals surface area contributed by atoms with E-state index in [0.717, 1.165) is 22.3 Å². The summed E-state index contributed by atoms with van der Waals surface area (Å²) in [5.74, 6) is -1.21. The van der Waals surface area contributed by atoms with Crippen molar-refractivity contribution in [3.05, 3.63) is 100 Å². The van der Waals surface area contributed by atoms with Gasteiger partial charge in [-0.05, 0) is 65.8 Å². The van der Waals surface area contributed by atoms with Crippen molar-refractivity contribution in [3.8, 4) is 5.75 Å². The van der Waals surface area contributed by atoms with Crippen molar-refractivity contribution in [1.82, 2.24) is 0 Å². The fourth-order valence-electron chi connectivity index (χ4n) is 4.43. The SMILES string of the molecule is COc1ccc(C(C)(C)C)cc1/C(O)=C1\C(=O)C(=O)N(c2ccc(C)c(C)c2)C1c1ccccc1. The van der Waals surface area contributed by atoms with Crippen LogP contribution in [0.5, 0.6) is 5.75 Å². The number of hydrogen-bond donors (Lipinski definition) is 1. The Balaban J connectivity index is 1.99. The van der Waals surface area contributed by atoms with Gasteiger partial charge in [-0.1, -0.05) is 63.2 Å². The zero-order valence-corrected chi connectivity index (χ0v) is 21.0. The van der Waals surface area contributed by atoms with Crippen LogP contribution >= 0.6 is 0 Å². The van der Waals surface area contributed by atoms with Crippen LogP contribution in [0.25, 0.3) is 5.76 Å². The summed E-state index contributed by atoms with van der Waals surface area (Å²) in [5, 5.41) is 11.6. The molecule has 0 bridgehead atoms. The second kappa shape index (κ2) is 9.06. The number of amides is 1. The Morgan fingerprint density at radius 2 is 1.60 bits per heavy atom. The molecule has 0 radical (unpaired) electrons. The summed E-state index contributed by atoms with van der Waals surface area (Å²) in [6.45, 7) is 10.2. The van der Waals surface area contributed by atoms with Crippen molar-refractivity contribution >= 4 is 23.1 Å². The average molecular weight is 470 g/mol. The van der Waals surface area contributed by atoms with Crippen LogP contribution in [0.1, 0.15) is 54.6 Å². The number of carbonyl (C=O) groups is 2. The monoisotopic (exact) mass is 469 g/mol. The largest absolute Gasteiger partial charge is 0.507 e. The van der Waals surface area contributed by atoms with Crippen LogP contribution in [0.3, 0.4) is 0 Å². The van der Waals surface area contributed by atoms with Crippen molar-refractivity contribution < 1.29 is 19.4 Å². The maximum atomic E-state index is 13.5. The molecule has 35 heavy (non-hydrogen) atoms. The minimum absolute atomic E-state index is 0.0452. The molecule has 1 N–H and O–H groups in total. The van der Waals surface area contributed by atoms with Gasteiger partial charge in [0.1, 0.15) is 11.5 Å². The summed E-state index contributed by atoms with van der Waals surface area (Å²) in [5.41, 5.74) is 4.66. The quantitative estimate of drug-likeness (QED) is 0.279. The van der Waals surface area contributed by atoms with Gasteiger partial charge in [0.05, 0.1) is 24.3 Å². The van der Waals surface area contributed by atoms with Gasteiger partial charge in [0.2, 0.25) is 0 Å². The topological polar surface area (TPSA) is 66.8 Å². The Kier molecular flexibility index (Phi) is 6.28. The molecule has 5 heteroatoms. The van der Waals surface area contributed by atoms with E-state index < -0.39 is 17.7 Å². The summed E-state index contributed by atoms with van der Waals surface area (Å²) >= 11 is 0. The molecule has 1 unspecified atom stereocenters. The van der Waals surface area contributed by atoms with Gasteiger partial charge in [0.15, 0.2) is 0 Å². The first kappa shape index (κ1) is 24.3. The van der Waals surface area contributed by atoms with Crippen molar-refractivity contribution in [2.24, 2.45) is 0 Å². The zero-order valence-electron chi connectivity index (χ0n) is 21.0. The Bertz CT molecular complexity index is 1330. The number of Topliss-reactive ketones (excluding diaryl/α,β-unsaturated/α-hetero) is 1. The summed E-state index contributed by atoms with van der Waals surface area (Å²) < 4.78 is 5.53. The molecule has 1 aliphatic rings. The lowest BCUT2D eigenvalue weighted by Gasteiger charge is -2.26. The van der Waals surface area contributed by atoms with E-state index >= 15 is 0 Å². The number of ether oxygens (including phenoxy) is 1. The van der Waals surface area contributed by atoms with E-state index in [-0.39, 0.29) is 16.7 Å².